The van der Waals surface area contributed by atoms with Gasteiger partial charge in [0.2, 0.25) is 0 Å². The fourth-order valence-corrected chi connectivity index (χ4v) is 2.41. The van der Waals surface area contributed by atoms with E-state index in [1.165, 1.54) is 16.9 Å². The summed E-state index contributed by atoms with van der Waals surface area (Å²) in [5.74, 6) is 0.00588. The van der Waals surface area contributed by atoms with Gasteiger partial charge in [-0.05, 0) is 37.1 Å². The Balaban J connectivity index is 1.99. The molecule has 88 valence electrons. The van der Waals surface area contributed by atoms with E-state index in [4.69, 9.17) is 0 Å². The molecular weight excluding hydrogens is 230 g/mol. The average Bonchev–Trinajstić information content (AvgIpc) is 2.74. The predicted octanol–water partition coefficient (Wildman–Crippen LogP) is 3.29. The third kappa shape index (κ3) is 2.94. The van der Waals surface area contributed by atoms with E-state index < -0.39 is 0 Å². The van der Waals surface area contributed by atoms with Crippen LogP contribution in [0.4, 0.5) is 0 Å². The van der Waals surface area contributed by atoms with Crippen LogP contribution in [0.2, 0.25) is 0 Å². The summed E-state index contributed by atoms with van der Waals surface area (Å²) >= 11 is 1.52. The molecule has 0 fully saturated rings. The molecule has 1 amide bonds. The fourth-order valence-electron chi connectivity index (χ4n) is 1.63. The Morgan fingerprint density at radius 2 is 1.94 bits per heavy atom. The molecule has 0 unspecified atom stereocenters. The summed E-state index contributed by atoms with van der Waals surface area (Å²) in [6.07, 6.45) is 0. The van der Waals surface area contributed by atoms with E-state index in [-0.39, 0.29) is 5.91 Å². The molecule has 0 saturated carbocycles. The van der Waals surface area contributed by atoms with E-state index in [9.17, 15) is 4.79 Å². The summed E-state index contributed by atoms with van der Waals surface area (Å²) in [4.78, 5) is 13.8. The normalized spacial score (nSPS) is 10.2. The first-order valence-corrected chi connectivity index (χ1v) is 6.37. The van der Waals surface area contributed by atoms with Gasteiger partial charge in [0, 0.05) is 11.4 Å². The lowest BCUT2D eigenvalue weighted by molar-refractivity contribution is 0.0955. The van der Waals surface area contributed by atoms with Crippen LogP contribution in [0.15, 0.2) is 36.4 Å². The van der Waals surface area contributed by atoms with Crippen molar-refractivity contribution in [3.63, 3.8) is 0 Å². The molecule has 1 aromatic heterocycles. The van der Waals surface area contributed by atoms with Crippen LogP contribution in [-0.4, -0.2) is 5.91 Å². The van der Waals surface area contributed by atoms with Gasteiger partial charge < -0.3 is 5.32 Å². The maximum absolute atomic E-state index is 11.8. The summed E-state index contributed by atoms with van der Waals surface area (Å²) in [6, 6.07) is 11.9. The lowest BCUT2D eigenvalue weighted by Crippen LogP contribution is -2.22. The standard InChI is InChI=1S/C14H15NOS/c1-10-5-3-4-6-12(10)9-15-14(16)13-8-7-11(2)17-13/h3-8H,9H2,1-2H3,(H,15,16). The van der Waals surface area contributed by atoms with Gasteiger partial charge in [-0.2, -0.15) is 0 Å². The lowest BCUT2D eigenvalue weighted by Gasteiger charge is -2.06. The molecule has 0 spiro atoms. The lowest BCUT2D eigenvalue weighted by atomic mass is 10.1. The molecule has 3 heteroatoms. The van der Waals surface area contributed by atoms with E-state index in [1.807, 2.05) is 37.3 Å². The zero-order valence-corrected chi connectivity index (χ0v) is 10.8. The van der Waals surface area contributed by atoms with Crippen LogP contribution in [0.1, 0.15) is 25.7 Å². The zero-order valence-electron chi connectivity index (χ0n) is 9.99. The minimum absolute atomic E-state index is 0.00588. The van der Waals surface area contributed by atoms with E-state index in [1.54, 1.807) is 0 Å². The molecule has 0 radical (unpaired) electrons. The van der Waals surface area contributed by atoms with Gasteiger partial charge >= 0.3 is 0 Å². The summed E-state index contributed by atoms with van der Waals surface area (Å²) < 4.78 is 0. The third-order valence-corrected chi connectivity index (χ3v) is 3.66. The zero-order chi connectivity index (χ0) is 12.3. The van der Waals surface area contributed by atoms with Crippen LogP contribution in [0.25, 0.3) is 0 Å². The highest BCUT2D eigenvalue weighted by molar-refractivity contribution is 7.13. The Morgan fingerprint density at radius 3 is 2.59 bits per heavy atom. The van der Waals surface area contributed by atoms with Crippen LogP contribution >= 0.6 is 11.3 Å². The first-order chi connectivity index (χ1) is 8.16. The molecule has 1 heterocycles. The number of aryl methyl sites for hydroxylation is 2. The average molecular weight is 245 g/mol. The molecule has 0 bridgehead atoms. The molecule has 0 atom stereocenters. The van der Waals surface area contributed by atoms with Crippen molar-refractivity contribution in [1.82, 2.24) is 5.32 Å². The number of carbonyl (C=O) groups excluding carboxylic acids is 1. The second kappa shape index (κ2) is 5.15. The van der Waals surface area contributed by atoms with Crippen molar-refractivity contribution in [1.29, 1.82) is 0 Å². The Bertz CT molecular complexity index is 531. The molecule has 0 aliphatic heterocycles. The quantitative estimate of drug-likeness (QED) is 0.883. The van der Waals surface area contributed by atoms with Crippen molar-refractivity contribution >= 4 is 17.2 Å². The predicted molar refractivity (Wildman–Crippen MR) is 71.4 cm³/mol. The van der Waals surface area contributed by atoms with Gasteiger partial charge in [0.15, 0.2) is 0 Å². The second-order valence-corrected chi connectivity index (χ2v) is 5.31. The molecule has 2 nitrogen and oxygen atoms in total. The Morgan fingerprint density at radius 1 is 1.18 bits per heavy atom. The van der Waals surface area contributed by atoms with Crippen LogP contribution in [0.5, 0.6) is 0 Å². The van der Waals surface area contributed by atoms with Gasteiger partial charge in [-0.3, -0.25) is 4.79 Å². The van der Waals surface area contributed by atoms with Crippen LogP contribution < -0.4 is 5.32 Å². The van der Waals surface area contributed by atoms with Crippen molar-refractivity contribution in [3.8, 4) is 0 Å². The number of hydrogen-bond acceptors (Lipinski definition) is 2. The van der Waals surface area contributed by atoms with E-state index in [0.717, 1.165) is 15.3 Å². The smallest absolute Gasteiger partial charge is 0.261 e. The van der Waals surface area contributed by atoms with Crippen molar-refractivity contribution in [2.45, 2.75) is 20.4 Å². The number of benzene rings is 1. The molecule has 2 rings (SSSR count). The second-order valence-electron chi connectivity index (χ2n) is 4.02. The van der Waals surface area contributed by atoms with Gasteiger partial charge in [0.1, 0.15) is 0 Å². The van der Waals surface area contributed by atoms with E-state index in [0.29, 0.717) is 6.54 Å². The first-order valence-electron chi connectivity index (χ1n) is 5.56. The third-order valence-electron chi connectivity index (χ3n) is 2.66. The number of thiophene rings is 1. The Hall–Kier alpha value is -1.61. The number of amides is 1. The number of carbonyl (C=O) groups is 1. The van der Waals surface area contributed by atoms with Gasteiger partial charge in [-0.25, -0.2) is 0 Å². The minimum Gasteiger partial charge on any atom is -0.347 e. The molecule has 1 aromatic carbocycles. The number of hydrogen-bond donors (Lipinski definition) is 1. The number of nitrogens with one attached hydrogen (secondary N) is 1. The highest BCUT2D eigenvalue weighted by atomic mass is 32.1. The number of rotatable bonds is 3. The van der Waals surface area contributed by atoms with Gasteiger partial charge in [0.25, 0.3) is 5.91 Å². The van der Waals surface area contributed by atoms with E-state index >= 15 is 0 Å². The van der Waals surface area contributed by atoms with Crippen molar-refractivity contribution < 1.29 is 4.79 Å². The fraction of sp³-hybridized carbons (Fsp3) is 0.214. The molecule has 0 saturated heterocycles. The molecule has 0 aliphatic rings. The van der Waals surface area contributed by atoms with Crippen molar-refractivity contribution in [2.24, 2.45) is 0 Å². The van der Waals surface area contributed by atoms with E-state index in [2.05, 4.69) is 18.3 Å². The van der Waals surface area contributed by atoms with Gasteiger partial charge in [-0.1, -0.05) is 24.3 Å². The summed E-state index contributed by atoms with van der Waals surface area (Å²) in [6.45, 7) is 4.64. The summed E-state index contributed by atoms with van der Waals surface area (Å²) in [7, 11) is 0. The highest BCUT2D eigenvalue weighted by Gasteiger charge is 2.07. The molecule has 1 N–H and O–H groups in total. The van der Waals surface area contributed by atoms with Crippen LogP contribution in [0.3, 0.4) is 0 Å². The Labute approximate surface area is 105 Å². The SMILES string of the molecule is Cc1ccc(C(=O)NCc2ccccc2C)s1. The minimum atomic E-state index is 0.00588. The molecule has 17 heavy (non-hydrogen) atoms. The topological polar surface area (TPSA) is 29.1 Å². The maximum atomic E-state index is 11.8. The van der Waals surface area contributed by atoms with Gasteiger partial charge in [0.05, 0.1) is 4.88 Å². The van der Waals surface area contributed by atoms with Crippen molar-refractivity contribution in [3.05, 3.63) is 57.3 Å². The van der Waals surface area contributed by atoms with Gasteiger partial charge in [-0.15, -0.1) is 11.3 Å². The summed E-state index contributed by atoms with van der Waals surface area (Å²) in [5.41, 5.74) is 2.37. The first kappa shape index (κ1) is 11.9. The maximum Gasteiger partial charge on any atom is 0.261 e. The molecular formula is C14H15NOS. The van der Waals surface area contributed by atoms with Crippen molar-refractivity contribution in [2.75, 3.05) is 0 Å². The van der Waals surface area contributed by atoms with Crippen LogP contribution in [0, 0.1) is 13.8 Å². The highest BCUT2D eigenvalue weighted by Crippen LogP contribution is 2.15. The summed E-state index contributed by atoms with van der Waals surface area (Å²) in [5, 5.41) is 2.94. The largest absolute Gasteiger partial charge is 0.347 e. The molecule has 2 aromatic rings. The Kier molecular flexibility index (Phi) is 3.59. The monoisotopic (exact) mass is 245 g/mol. The van der Waals surface area contributed by atoms with Crippen LogP contribution in [-0.2, 0) is 6.54 Å². The molecule has 0 aliphatic carbocycles.